The van der Waals surface area contributed by atoms with E-state index in [1.807, 2.05) is 76.1 Å². The first kappa shape index (κ1) is 16.4. The Morgan fingerprint density at radius 3 is 2.65 bits per heavy atom. The van der Waals surface area contributed by atoms with Gasteiger partial charge in [-0.2, -0.15) is 5.10 Å². The third kappa shape index (κ3) is 3.34. The van der Waals surface area contributed by atoms with Gasteiger partial charge in [-0.05, 0) is 30.3 Å². The monoisotopic (exact) mass is 363 g/mol. The minimum atomic E-state index is 0.702. The number of aromatic nitrogens is 5. The van der Waals surface area contributed by atoms with Gasteiger partial charge in [-0.1, -0.05) is 42.1 Å². The van der Waals surface area contributed by atoms with Crippen LogP contribution in [0.2, 0.25) is 0 Å². The lowest BCUT2D eigenvalue weighted by Crippen LogP contribution is -1.99. The summed E-state index contributed by atoms with van der Waals surface area (Å²) in [6.45, 7) is 0. The second-order valence-corrected chi connectivity index (χ2v) is 6.47. The summed E-state index contributed by atoms with van der Waals surface area (Å²) in [4.78, 5) is 0. The normalized spacial score (nSPS) is 10.8. The van der Waals surface area contributed by atoms with Crippen LogP contribution in [0.15, 0.2) is 78.3 Å². The van der Waals surface area contributed by atoms with Crippen molar-refractivity contribution < 1.29 is 4.74 Å². The first-order valence-corrected chi connectivity index (χ1v) is 9.10. The SMILES string of the molecule is COc1ccccc1-n1cnnc1SCc1ccn(-c2ccccc2)n1. The van der Waals surface area contributed by atoms with Crippen molar-refractivity contribution in [3.63, 3.8) is 0 Å². The number of rotatable bonds is 6. The summed E-state index contributed by atoms with van der Waals surface area (Å²) in [7, 11) is 1.66. The Hall–Kier alpha value is -3.06. The molecule has 0 saturated carbocycles. The van der Waals surface area contributed by atoms with Gasteiger partial charge in [-0.3, -0.25) is 4.57 Å². The summed E-state index contributed by atoms with van der Waals surface area (Å²) in [6.07, 6.45) is 3.67. The van der Waals surface area contributed by atoms with Gasteiger partial charge >= 0.3 is 0 Å². The van der Waals surface area contributed by atoms with E-state index < -0.39 is 0 Å². The number of hydrogen-bond donors (Lipinski definition) is 0. The Balaban J connectivity index is 1.52. The molecule has 4 rings (SSSR count). The minimum absolute atomic E-state index is 0.702. The Labute approximate surface area is 155 Å². The number of benzene rings is 2. The molecule has 0 unspecified atom stereocenters. The van der Waals surface area contributed by atoms with E-state index >= 15 is 0 Å². The smallest absolute Gasteiger partial charge is 0.196 e. The van der Waals surface area contributed by atoms with E-state index in [1.165, 1.54) is 0 Å². The summed E-state index contributed by atoms with van der Waals surface area (Å²) in [5.41, 5.74) is 2.94. The molecule has 0 amide bonds. The first-order chi connectivity index (χ1) is 12.8. The average molecular weight is 363 g/mol. The molecule has 2 aromatic heterocycles. The van der Waals surface area contributed by atoms with Crippen molar-refractivity contribution in [3.05, 3.63) is 78.9 Å². The standard InChI is InChI=1S/C19H17N5OS/c1-25-18-10-6-5-9-17(18)23-14-20-21-19(23)26-13-15-11-12-24(22-15)16-7-3-2-4-8-16/h2-12,14H,13H2,1H3. The quantitative estimate of drug-likeness (QED) is 0.488. The summed E-state index contributed by atoms with van der Waals surface area (Å²) < 4.78 is 9.24. The molecule has 0 radical (unpaired) electrons. The molecule has 0 aliphatic rings. The molecule has 0 aliphatic carbocycles. The third-order valence-corrected chi connectivity index (χ3v) is 4.85. The van der Waals surface area contributed by atoms with E-state index in [1.54, 1.807) is 25.2 Å². The van der Waals surface area contributed by atoms with E-state index in [-0.39, 0.29) is 0 Å². The molecule has 0 saturated heterocycles. The van der Waals surface area contributed by atoms with Gasteiger partial charge < -0.3 is 4.74 Å². The molecule has 0 aliphatic heterocycles. The molecule has 7 heteroatoms. The van der Waals surface area contributed by atoms with Crippen LogP contribution in [0.1, 0.15) is 5.69 Å². The molecule has 130 valence electrons. The second kappa shape index (κ2) is 7.45. The lowest BCUT2D eigenvalue weighted by atomic mass is 10.3. The van der Waals surface area contributed by atoms with Crippen LogP contribution in [0.25, 0.3) is 11.4 Å². The van der Waals surface area contributed by atoms with E-state index in [9.17, 15) is 0 Å². The minimum Gasteiger partial charge on any atom is -0.495 e. The van der Waals surface area contributed by atoms with E-state index in [0.29, 0.717) is 5.75 Å². The Kier molecular flexibility index (Phi) is 4.70. The zero-order valence-electron chi connectivity index (χ0n) is 14.2. The van der Waals surface area contributed by atoms with Gasteiger partial charge in [-0.15, -0.1) is 10.2 Å². The molecule has 0 atom stereocenters. The molecular formula is C19H17N5OS. The lowest BCUT2D eigenvalue weighted by molar-refractivity contribution is 0.412. The summed E-state index contributed by atoms with van der Waals surface area (Å²) in [5.74, 6) is 1.48. The van der Waals surface area contributed by atoms with Crippen molar-refractivity contribution in [1.29, 1.82) is 0 Å². The van der Waals surface area contributed by atoms with Crippen LogP contribution in [0.4, 0.5) is 0 Å². The predicted octanol–water partition coefficient (Wildman–Crippen LogP) is 3.75. The number of hydrogen-bond acceptors (Lipinski definition) is 5. The molecule has 2 heterocycles. The fourth-order valence-electron chi connectivity index (χ4n) is 2.62. The molecule has 0 fully saturated rings. The van der Waals surface area contributed by atoms with Crippen LogP contribution in [0.5, 0.6) is 5.75 Å². The van der Waals surface area contributed by atoms with E-state index in [0.717, 1.165) is 28.0 Å². The van der Waals surface area contributed by atoms with Crippen LogP contribution in [-0.4, -0.2) is 31.7 Å². The van der Waals surface area contributed by atoms with Crippen LogP contribution >= 0.6 is 11.8 Å². The van der Waals surface area contributed by atoms with Crippen molar-refractivity contribution in [2.24, 2.45) is 0 Å². The summed E-state index contributed by atoms with van der Waals surface area (Å²) >= 11 is 1.59. The Morgan fingerprint density at radius 2 is 1.81 bits per heavy atom. The second-order valence-electron chi connectivity index (χ2n) is 5.53. The van der Waals surface area contributed by atoms with Gasteiger partial charge in [-0.25, -0.2) is 4.68 Å². The van der Waals surface area contributed by atoms with E-state index in [4.69, 9.17) is 4.74 Å². The van der Waals surface area contributed by atoms with Crippen molar-refractivity contribution in [3.8, 4) is 17.1 Å². The summed E-state index contributed by atoms with van der Waals surface area (Å²) in [5, 5.41) is 13.7. The molecule has 6 nitrogen and oxygen atoms in total. The zero-order valence-corrected chi connectivity index (χ0v) is 15.0. The zero-order chi connectivity index (χ0) is 17.8. The molecule has 0 spiro atoms. The van der Waals surface area contributed by atoms with E-state index in [2.05, 4.69) is 15.3 Å². The van der Waals surface area contributed by atoms with Crippen LogP contribution < -0.4 is 4.74 Å². The van der Waals surface area contributed by atoms with Crippen LogP contribution in [0, 0.1) is 0 Å². The topological polar surface area (TPSA) is 57.8 Å². The fraction of sp³-hybridized carbons (Fsp3) is 0.105. The number of nitrogens with zero attached hydrogens (tertiary/aromatic N) is 5. The highest BCUT2D eigenvalue weighted by Crippen LogP contribution is 2.28. The number of methoxy groups -OCH3 is 1. The van der Waals surface area contributed by atoms with Crippen molar-refractivity contribution >= 4 is 11.8 Å². The van der Waals surface area contributed by atoms with Crippen LogP contribution in [-0.2, 0) is 5.75 Å². The lowest BCUT2D eigenvalue weighted by Gasteiger charge is -2.10. The Morgan fingerprint density at radius 1 is 1.00 bits per heavy atom. The molecule has 2 aromatic carbocycles. The number of ether oxygens (including phenoxy) is 1. The maximum atomic E-state index is 5.44. The highest BCUT2D eigenvalue weighted by Gasteiger charge is 2.12. The van der Waals surface area contributed by atoms with Gasteiger partial charge in [0.05, 0.1) is 24.2 Å². The van der Waals surface area contributed by atoms with Crippen molar-refractivity contribution in [1.82, 2.24) is 24.5 Å². The van der Waals surface area contributed by atoms with Gasteiger partial charge in [0.15, 0.2) is 5.16 Å². The van der Waals surface area contributed by atoms with Gasteiger partial charge in [0.25, 0.3) is 0 Å². The highest BCUT2D eigenvalue weighted by molar-refractivity contribution is 7.98. The average Bonchev–Trinajstić information content (AvgIpc) is 3.36. The maximum absolute atomic E-state index is 5.44. The number of thioether (sulfide) groups is 1. The van der Waals surface area contributed by atoms with Crippen LogP contribution in [0.3, 0.4) is 0 Å². The largest absolute Gasteiger partial charge is 0.495 e. The van der Waals surface area contributed by atoms with Crippen molar-refractivity contribution in [2.75, 3.05) is 7.11 Å². The molecule has 26 heavy (non-hydrogen) atoms. The highest BCUT2D eigenvalue weighted by atomic mass is 32.2. The molecule has 0 N–H and O–H groups in total. The molecule has 4 aromatic rings. The van der Waals surface area contributed by atoms with Gasteiger partial charge in [0, 0.05) is 11.9 Å². The number of para-hydroxylation sites is 3. The van der Waals surface area contributed by atoms with Gasteiger partial charge in [0.1, 0.15) is 12.1 Å². The van der Waals surface area contributed by atoms with Crippen molar-refractivity contribution in [2.45, 2.75) is 10.9 Å². The van der Waals surface area contributed by atoms with Gasteiger partial charge in [0.2, 0.25) is 0 Å². The Bertz CT molecular complexity index is 996. The first-order valence-electron chi connectivity index (χ1n) is 8.11. The fourth-order valence-corrected chi connectivity index (χ4v) is 3.44. The maximum Gasteiger partial charge on any atom is 0.196 e. The third-order valence-electron chi connectivity index (χ3n) is 3.88. The predicted molar refractivity (Wildman–Crippen MR) is 101 cm³/mol. The molecule has 0 bridgehead atoms. The summed E-state index contributed by atoms with van der Waals surface area (Å²) in [6, 6.07) is 19.9. The molecular weight excluding hydrogens is 346 g/mol.